The molecule has 0 spiro atoms. The molecule has 3 rings (SSSR count). The first kappa shape index (κ1) is 21.3. The van der Waals surface area contributed by atoms with Crippen LogP contribution in [0.5, 0.6) is 0 Å². The Balaban J connectivity index is 2.29. The van der Waals surface area contributed by atoms with Crippen LogP contribution in [0.1, 0.15) is 11.4 Å². The number of alkyl halides is 3. The van der Waals surface area contributed by atoms with E-state index in [1.807, 2.05) is 0 Å². The first-order valence-electron chi connectivity index (χ1n) is 7.92. The number of H-pyrrole nitrogens is 1. The van der Waals surface area contributed by atoms with E-state index >= 15 is 0 Å². The molecule has 0 aliphatic heterocycles. The molecular weight excluding hydrogens is 439 g/mol. The summed E-state index contributed by atoms with van der Waals surface area (Å²) in [6.07, 6.45) is -4.23. The highest BCUT2D eigenvalue weighted by Gasteiger charge is 2.36. The summed E-state index contributed by atoms with van der Waals surface area (Å²) in [5, 5.41) is 0.375. The van der Waals surface area contributed by atoms with Gasteiger partial charge >= 0.3 is 6.18 Å². The third kappa shape index (κ3) is 4.13. The number of nitrogens with one attached hydrogen (secondary N) is 1. The standard InChI is InChI=1S/C18H12ClF5N2O2S/c1-8-5-9(3-4-11(8)19)14-15(26-17(25-14)18(22,23)24)10-6-12(20)16(13(21)7-10)29(2,27)28/h3-7H,1-2H3,(H,25,26). The lowest BCUT2D eigenvalue weighted by Crippen LogP contribution is -2.07. The van der Waals surface area contributed by atoms with Gasteiger partial charge in [-0.3, -0.25) is 0 Å². The molecule has 29 heavy (non-hydrogen) atoms. The molecule has 0 atom stereocenters. The van der Waals surface area contributed by atoms with Gasteiger partial charge in [-0.1, -0.05) is 17.7 Å². The Morgan fingerprint density at radius 1 is 1.03 bits per heavy atom. The van der Waals surface area contributed by atoms with E-state index in [-0.39, 0.29) is 16.8 Å². The second-order valence-corrected chi connectivity index (χ2v) is 8.67. The van der Waals surface area contributed by atoms with Gasteiger partial charge in [-0.2, -0.15) is 13.2 Å². The van der Waals surface area contributed by atoms with E-state index in [4.69, 9.17) is 11.6 Å². The molecular formula is C18H12ClF5N2O2S. The van der Waals surface area contributed by atoms with Gasteiger partial charge in [0.2, 0.25) is 5.82 Å². The summed E-state index contributed by atoms with van der Waals surface area (Å²) in [6.45, 7) is 1.63. The van der Waals surface area contributed by atoms with Crippen LogP contribution in [0.25, 0.3) is 22.5 Å². The quantitative estimate of drug-likeness (QED) is 0.543. The number of aromatic nitrogens is 2. The zero-order valence-corrected chi connectivity index (χ0v) is 16.4. The molecule has 4 nitrogen and oxygen atoms in total. The maximum absolute atomic E-state index is 14.3. The van der Waals surface area contributed by atoms with Crippen molar-refractivity contribution in [1.82, 2.24) is 9.97 Å². The molecule has 1 N–H and O–H groups in total. The van der Waals surface area contributed by atoms with E-state index in [9.17, 15) is 30.4 Å². The lowest BCUT2D eigenvalue weighted by atomic mass is 10.0. The lowest BCUT2D eigenvalue weighted by molar-refractivity contribution is -0.144. The van der Waals surface area contributed by atoms with Crippen LogP contribution in [-0.2, 0) is 16.0 Å². The predicted molar refractivity (Wildman–Crippen MR) is 97.2 cm³/mol. The monoisotopic (exact) mass is 450 g/mol. The van der Waals surface area contributed by atoms with Crippen LogP contribution in [0.2, 0.25) is 5.02 Å². The smallest absolute Gasteiger partial charge is 0.334 e. The number of rotatable bonds is 3. The van der Waals surface area contributed by atoms with Gasteiger partial charge in [0.05, 0.1) is 11.4 Å². The number of benzene rings is 2. The molecule has 0 saturated carbocycles. The van der Waals surface area contributed by atoms with Crippen molar-refractivity contribution in [3.05, 3.63) is 58.4 Å². The average Bonchev–Trinajstić information content (AvgIpc) is 3.01. The molecule has 0 saturated heterocycles. The van der Waals surface area contributed by atoms with Crippen molar-refractivity contribution < 1.29 is 30.4 Å². The summed E-state index contributed by atoms with van der Waals surface area (Å²) in [5.41, 5.74) is -0.0948. The van der Waals surface area contributed by atoms with Gasteiger partial charge in [-0.05, 0) is 36.8 Å². The molecule has 154 valence electrons. The van der Waals surface area contributed by atoms with Crippen molar-refractivity contribution in [2.24, 2.45) is 0 Å². The highest BCUT2D eigenvalue weighted by molar-refractivity contribution is 7.90. The lowest BCUT2D eigenvalue weighted by Gasteiger charge is -2.08. The molecule has 1 heterocycles. The number of aromatic amines is 1. The second-order valence-electron chi connectivity index (χ2n) is 6.31. The van der Waals surface area contributed by atoms with E-state index in [2.05, 4.69) is 9.97 Å². The zero-order chi connectivity index (χ0) is 21.7. The van der Waals surface area contributed by atoms with Gasteiger partial charge in [-0.15, -0.1) is 0 Å². The Hall–Kier alpha value is -2.46. The fourth-order valence-corrected chi connectivity index (χ4v) is 3.72. The molecule has 2 aromatic carbocycles. The van der Waals surface area contributed by atoms with Crippen molar-refractivity contribution in [2.45, 2.75) is 18.0 Å². The third-order valence-corrected chi connectivity index (χ3v) is 5.62. The van der Waals surface area contributed by atoms with E-state index in [0.717, 1.165) is 0 Å². The first-order chi connectivity index (χ1) is 13.3. The number of hydrogen-bond acceptors (Lipinski definition) is 3. The second kappa shape index (κ2) is 7.10. The summed E-state index contributed by atoms with van der Waals surface area (Å²) in [5.74, 6) is -4.24. The maximum Gasteiger partial charge on any atom is 0.449 e. The topological polar surface area (TPSA) is 62.8 Å². The highest BCUT2D eigenvalue weighted by atomic mass is 35.5. The first-order valence-corrected chi connectivity index (χ1v) is 10.2. The fraction of sp³-hybridized carbons (Fsp3) is 0.167. The van der Waals surface area contributed by atoms with Crippen molar-refractivity contribution in [2.75, 3.05) is 6.26 Å². The van der Waals surface area contributed by atoms with Gasteiger partial charge in [-0.25, -0.2) is 22.2 Å². The highest BCUT2D eigenvalue weighted by Crippen LogP contribution is 2.37. The largest absolute Gasteiger partial charge is 0.449 e. The SMILES string of the molecule is Cc1cc(-c2[nH]c(C(F)(F)F)nc2-c2cc(F)c(S(C)(=O)=O)c(F)c2)ccc1Cl. The molecule has 11 heteroatoms. The van der Waals surface area contributed by atoms with Crippen LogP contribution in [0.3, 0.4) is 0 Å². The number of nitrogens with zero attached hydrogens (tertiary/aromatic N) is 1. The van der Waals surface area contributed by atoms with Crippen LogP contribution >= 0.6 is 11.6 Å². The van der Waals surface area contributed by atoms with Crippen LogP contribution in [0, 0.1) is 18.6 Å². The Kier molecular flexibility index (Phi) is 5.20. The van der Waals surface area contributed by atoms with Crippen molar-refractivity contribution in [3.63, 3.8) is 0 Å². The van der Waals surface area contributed by atoms with E-state index in [1.54, 1.807) is 6.92 Å². The number of halogens is 6. The summed E-state index contributed by atoms with van der Waals surface area (Å²) in [6, 6.07) is 5.61. The number of imidazole rings is 1. The van der Waals surface area contributed by atoms with Gasteiger partial charge in [0.15, 0.2) is 9.84 Å². The molecule has 0 aliphatic carbocycles. The minimum Gasteiger partial charge on any atom is -0.334 e. The van der Waals surface area contributed by atoms with E-state index in [0.29, 0.717) is 29.0 Å². The summed E-state index contributed by atoms with van der Waals surface area (Å²) in [7, 11) is -4.23. The van der Waals surface area contributed by atoms with E-state index in [1.165, 1.54) is 18.2 Å². The summed E-state index contributed by atoms with van der Waals surface area (Å²) < 4.78 is 91.3. The zero-order valence-electron chi connectivity index (χ0n) is 14.8. The molecule has 0 radical (unpaired) electrons. The molecule has 1 aromatic heterocycles. The van der Waals surface area contributed by atoms with Gasteiger partial charge in [0.1, 0.15) is 16.5 Å². The Morgan fingerprint density at radius 3 is 2.10 bits per heavy atom. The van der Waals surface area contributed by atoms with Crippen LogP contribution < -0.4 is 0 Å². The molecule has 0 aliphatic rings. The fourth-order valence-electron chi connectivity index (χ4n) is 2.78. The molecule has 0 bridgehead atoms. The Bertz CT molecular complexity index is 1200. The molecule has 0 fully saturated rings. The van der Waals surface area contributed by atoms with E-state index < -0.39 is 44.1 Å². The summed E-state index contributed by atoms with van der Waals surface area (Å²) >= 11 is 5.94. The average molecular weight is 451 g/mol. The normalized spacial score (nSPS) is 12.4. The maximum atomic E-state index is 14.3. The number of hydrogen-bond donors (Lipinski definition) is 1. The molecule has 0 unspecified atom stereocenters. The number of aryl methyl sites for hydroxylation is 1. The minimum atomic E-state index is -4.85. The van der Waals surface area contributed by atoms with Crippen molar-refractivity contribution in [1.29, 1.82) is 0 Å². The Morgan fingerprint density at radius 2 is 1.62 bits per heavy atom. The van der Waals surface area contributed by atoms with Gasteiger partial charge in [0.25, 0.3) is 0 Å². The summed E-state index contributed by atoms with van der Waals surface area (Å²) in [4.78, 5) is 4.41. The van der Waals surface area contributed by atoms with Crippen LogP contribution in [0.4, 0.5) is 22.0 Å². The van der Waals surface area contributed by atoms with Gasteiger partial charge in [0, 0.05) is 22.4 Å². The van der Waals surface area contributed by atoms with Crippen molar-refractivity contribution in [3.8, 4) is 22.5 Å². The minimum absolute atomic E-state index is 0.150. The number of sulfone groups is 1. The third-order valence-electron chi connectivity index (χ3n) is 4.06. The molecule has 3 aromatic rings. The van der Waals surface area contributed by atoms with Crippen molar-refractivity contribution >= 4 is 21.4 Å². The van der Waals surface area contributed by atoms with Crippen LogP contribution in [0.15, 0.2) is 35.2 Å². The molecule has 0 amide bonds. The predicted octanol–water partition coefficient (Wildman–Crippen LogP) is 5.41. The van der Waals surface area contributed by atoms with Crippen LogP contribution in [-0.4, -0.2) is 24.6 Å². The Labute approximate surface area is 167 Å². The van der Waals surface area contributed by atoms with Gasteiger partial charge < -0.3 is 4.98 Å².